The van der Waals surface area contributed by atoms with Gasteiger partial charge in [-0.25, -0.2) is 0 Å². The average Bonchev–Trinajstić information content (AvgIpc) is 2.57. The fourth-order valence-electron chi connectivity index (χ4n) is 3.21. The summed E-state index contributed by atoms with van der Waals surface area (Å²) in [5, 5.41) is 6.96. The summed E-state index contributed by atoms with van der Waals surface area (Å²) in [4.78, 5) is 9.44. The van der Waals surface area contributed by atoms with Gasteiger partial charge in [0, 0.05) is 32.2 Å². The topological polar surface area (TPSA) is 42.9 Å². The van der Waals surface area contributed by atoms with Crippen molar-refractivity contribution in [3.8, 4) is 0 Å². The van der Waals surface area contributed by atoms with Gasteiger partial charge in [-0.15, -0.1) is 0 Å². The first kappa shape index (κ1) is 20.2. The molecular weight excluding hydrogens is 286 g/mol. The van der Waals surface area contributed by atoms with Crippen LogP contribution in [-0.4, -0.2) is 74.2 Å². The van der Waals surface area contributed by atoms with E-state index in [1.807, 2.05) is 7.05 Å². The van der Waals surface area contributed by atoms with Crippen LogP contribution in [0.3, 0.4) is 0 Å². The highest BCUT2D eigenvalue weighted by Gasteiger charge is 2.27. The van der Waals surface area contributed by atoms with E-state index in [0.29, 0.717) is 0 Å². The molecule has 0 aliphatic carbocycles. The highest BCUT2D eigenvalue weighted by Crippen LogP contribution is 2.19. The van der Waals surface area contributed by atoms with Crippen LogP contribution in [0.4, 0.5) is 0 Å². The van der Waals surface area contributed by atoms with Gasteiger partial charge in [0.25, 0.3) is 0 Å². The zero-order valence-electron chi connectivity index (χ0n) is 16.1. The molecule has 0 unspecified atom stereocenters. The molecule has 0 atom stereocenters. The van der Waals surface area contributed by atoms with Gasteiger partial charge in [-0.3, -0.25) is 9.89 Å². The minimum Gasteiger partial charge on any atom is -0.355 e. The summed E-state index contributed by atoms with van der Waals surface area (Å²) in [5.41, 5.74) is 0.176. The van der Waals surface area contributed by atoms with E-state index >= 15 is 0 Å². The quantitative estimate of drug-likeness (QED) is 0.503. The first-order valence-electron chi connectivity index (χ1n) is 9.45. The predicted molar refractivity (Wildman–Crippen MR) is 101 cm³/mol. The fraction of sp³-hybridized carbons (Fsp3) is 0.944. The molecule has 0 bridgehead atoms. The number of hydrogen-bond acceptors (Lipinski definition) is 3. The Morgan fingerprint density at radius 1 is 1.09 bits per heavy atom. The van der Waals surface area contributed by atoms with Crippen LogP contribution in [0.25, 0.3) is 0 Å². The monoisotopic (exact) mass is 325 g/mol. The minimum absolute atomic E-state index is 0.176. The Morgan fingerprint density at radius 2 is 1.78 bits per heavy atom. The molecule has 5 heteroatoms. The van der Waals surface area contributed by atoms with Gasteiger partial charge in [0.1, 0.15) is 0 Å². The number of nitrogens with zero attached hydrogens (tertiary/aromatic N) is 3. The van der Waals surface area contributed by atoms with Crippen molar-refractivity contribution >= 4 is 5.96 Å². The molecule has 0 aromatic carbocycles. The number of rotatable bonds is 9. The van der Waals surface area contributed by atoms with Gasteiger partial charge in [0.05, 0.1) is 0 Å². The number of nitrogens with one attached hydrogen (secondary N) is 2. The van der Waals surface area contributed by atoms with E-state index in [9.17, 15) is 0 Å². The number of guanidine groups is 1. The van der Waals surface area contributed by atoms with Gasteiger partial charge in [-0.05, 0) is 59.3 Å². The minimum atomic E-state index is 0.176. The molecule has 1 rings (SSSR count). The van der Waals surface area contributed by atoms with Crippen LogP contribution in [0.15, 0.2) is 4.99 Å². The summed E-state index contributed by atoms with van der Waals surface area (Å²) in [6.07, 6.45) is 5.27. The summed E-state index contributed by atoms with van der Waals surface area (Å²) in [5.74, 6) is 0.919. The lowest BCUT2D eigenvalue weighted by Gasteiger charge is -2.41. The maximum Gasteiger partial charge on any atom is 0.191 e. The summed E-state index contributed by atoms with van der Waals surface area (Å²) >= 11 is 0. The molecule has 136 valence electrons. The Bertz CT molecular complexity index is 334. The zero-order chi connectivity index (χ0) is 17.1. The van der Waals surface area contributed by atoms with E-state index < -0.39 is 0 Å². The van der Waals surface area contributed by atoms with Gasteiger partial charge in [0.15, 0.2) is 5.96 Å². The van der Waals surface area contributed by atoms with Crippen molar-refractivity contribution in [3.63, 3.8) is 0 Å². The highest BCUT2D eigenvalue weighted by atomic mass is 15.2. The molecular formula is C18H39N5. The van der Waals surface area contributed by atoms with E-state index in [1.54, 1.807) is 0 Å². The van der Waals surface area contributed by atoms with Crippen molar-refractivity contribution in [1.29, 1.82) is 0 Å². The molecule has 0 radical (unpaired) electrons. The molecule has 0 aromatic rings. The third kappa shape index (κ3) is 7.53. The van der Waals surface area contributed by atoms with Crippen LogP contribution in [0.2, 0.25) is 0 Å². The number of likely N-dealkylation sites (N-methyl/N-ethyl adjacent to an activating group) is 1. The molecule has 1 aliphatic heterocycles. The molecule has 1 saturated heterocycles. The third-order valence-corrected chi connectivity index (χ3v) is 4.83. The van der Waals surface area contributed by atoms with Crippen molar-refractivity contribution in [1.82, 2.24) is 20.4 Å². The van der Waals surface area contributed by atoms with E-state index in [4.69, 9.17) is 0 Å². The van der Waals surface area contributed by atoms with Crippen molar-refractivity contribution in [3.05, 3.63) is 0 Å². The van der Waals surface area contributed by atoms with E-state index in [0.717, 1.165) is 32.1 Å². The second-order valence-electron chi connectivity index (χ2n) is 7.15. The SMILES string of the molecule is CCCN(CC)CCNC(=NC)NCC(C)(C)N1CCCCC1. The van der Waals surface area contributed by atoms with Crippen LogP contribution in [0, 0.1) is 0 Å². The van der Waals surface area contributed by atoms with Gasteiger partial charge >= 0.3 is 0 Å². The van der Waals surface area contributed by atoms with E-state index in [1.165, 1.54) is 45.3 Å². The Morgan fingerprint density at radius 3 is 2.35 bits per heavy atom. The van der Waals surface area contributed by atoms with Crippen LogP contribution in [0.1, 0.15) is 53.4 Å². The van der Waals surface area contributed by atoms with Crippen molar-refractivity contribution in [2.75, 3.05) is 52.9 Å². The maximum absolute atomic E-state index is 4.36. The number of hydrogen-bond donors (Lipinski definition) is 2. The van der Waals surface area contributed by atoms with Crippen LogP contribution < -0.4 is 10.6 Å². The average molecular weight is 326 g/mol. The number of aliphatic imine (C=N–C) groups is 1. The van der Waals surface area contributed by atoms with Crippen LogP contribution in [-0.2, 0) is 0 Å². The summed E-state index contributed by atoms with van der Waals surface area (Å²) in [6, 6.07) is 0. The second-order valence-corrected chi connectivity index (χ2v) is 7.15. The second kappa shape index (κ2) is 10.9. The first-order chi connectivity index (χ1) is 11.0. The van der Waals surface area contributed by atoms with Gasteiger partial charge in [0.2, 0.25) is 0 Å². The molecule has 1 fully saturated rings. The number of piperidine rings is 1. The zero-order valence-corrected chi connectivity index (χ0v) is 16.1. The maximum atomic E-state index is 4.36. The lowest BCUT2D eigenvalue weighted by Crippen LogP contribution is -2.55. The highest BCUT2D eigenvalue weighted by molar-refractivity contribution is 5.79. The Kier molecular flexibility index (Phi) is 9.56. The Balaban J connectivity index is 2.32. The van der Waals surface area contributed by atoms with Gasteiger partial charge in [-0.2, -0.15) is 0 Å². The summed E-state index contributed by atoms with van der Waals surface area (Å²) < 4.78 is 0. The molecule has 23 heavy (non-hydrogen) atoms. The van der Waals surface area contributed by atoms with Crippen molar-refractivity contribution in [2.24, 2.45) is 4.99 Å². The van der Waals surface area contributed by atoms with E-state index in [2.05, 4.69) is 53.1 Å². The van der Waals surface area contributed by atoms with Crippen LogP contribution in [0.5, 0.6) is 0 Å². The molecule has 0 aromatic heterocycles. The largest absolute Gasteiger partial charge is 0.355 e. The normalized spacial score (nSPS) is 17.6. The molecule has 2 N–H and O–H groups in total. The van der Waals surface area contributed by atoms with Crippen molar-refractivity contribution < 1.29 is 0 Å². The van der Waals surface area contributed by atoms with Crippen LogP contribution >= 0.6 is 0 Å². The predicted octanol–water partition coefficient (Wildman–Crippen LogP) is 2.15. The molecule has 5 nitrogen and oxygen atoms in total. The lowest BCUT2D eigenvalue weighted by atomic mass is 9.98. The molecule has 1 heterocycles. The standard InChI is InChI=1S/C18H39N5/c1-6-12-22(7-2)15-11-20-17(19-5)21-16-18(3,4)23-13-9-8-10-14-23/h6-16H2,1-5H3,(H2,19,20,21). The smallest absolute Gasteiger partial charge is 0.191 e. The molecule has 0 saturated carbocycles. The van der Waals surface area contributed by atoms with Crippen molar-refractivity contribution in [2.45, 2.75) is 58.9 Å². The molecule has 0 amide bonds. The van der Waals surface area contributed by atoms with Gasteiger partial charge < -0.3 is 15.5 Å². The lowest BCUT2D eigenvalue weighted by molar-refractivity contribution is 0.0982. The van der Waals surface area contributed by atoms with Gasteiger partial charge in [-0.1, -0.05) is 20.3 Å². The molecule has 0 spiro atoms. The Labute approximate surface area is 143 Å². The summed E-state index contributed by atoms with van der Waals surface area (Å²) in [6.45, 7) is 16.8. The molecule has 1 aliphatic rings. The summed E-state index contributed by atoms with van der Waals surface area (Å²) in [7, 11) is 1.85. The first-order valence-corrected chi connectivity index (χ1v) is 9.45. The number of likely N-dealkylation sites (tertiary alicyclic amines) is 1. The Hall–Kier alpha value is -0.810. The third-order valence-electron chi connectivity index (χ3n) is 4.83. The van der Waals surface area contributed by atoms with E-state index in [-0.39, 0.29) is 5.54 Å². The fourth-order valence-corrected chi connectivity index (χ4v) is 3.21.